The number of hydrogen-bond acceptors (Lipinski definition) is 3. The zero-order valence-electron chi connectivity index (χ0n) is 10.7. The molecule has 0 spiro atoms. The molecule has 5 nitrogen and oxygen atoms in total. The number of benzene rings is 1. The summed E-state index contributed by atoms with van der Waals surface area (Å²) in [6.45, 7) is 1.97. The van der Waals surface area contributed by atoms with Crippen LogP contribution in [-0.4, -0.2) is 18.6 Å². The maximum atomic E-state index is 13.0. The van der Waals surface area contributed by atoms with Crippen molar-refractivity contribution in [1.82, 2.24) is 10.2 Å². The van der Waals surface area contributed by atoms with Crippen LogP contribution in [0.15, 0.2) is 29.2 Å². The van der Waals surface area contributed by atoms with Crippen LogP contribution in [0.2, 0.25) is 0 Å². The average molecular weight is 301 g/mol. The van der Waals surface area contributed by atoms with E-state index in [1.54, 1.807) is 0 Å². The topological polar surface area (TPSA) is 74.8 Å². The molecular formula is C12H13F2N3O2S. The smallest absolute Gasteiger partial charge is 0.263 e. The van der Waals surface area contributed by atoms with Gasteiger partial charge in [-0.2, -0.15) is 5.10 Å². The minimum atomic E-state index is -4.07. The third-order valence-corrected chi connectivity index (χ3v) is 3.87. The quantitative estimate of drug-likeness (QED) is 0.890. The Hall–Kier alpha value is -1.96. The maximum absolute atomic E-state index is 13.0. The largest absolute Gasteiger partial charge is 0.280 e. The van der Waals surface area contributed by atoms with Crippen LogP contribution < -0.4 is 4.72 Å². The molecule has 0 saturated carbocycles. The van der Waals surface area contributed by atoms with Crippen molar-refractivity contribution in [3.8, 4) is 0 Å². The molecule has 8 heteroatoms. The first-order valence-electron chi connectivity index (χ1n) is 5.94. The normalized spacial score (nSPS) is 11.6. The third-order valence-electron chi connectivity index (χ3n) is 2.54. The minimum absolute atomic E-state index is 0.0816. The summed E-state index contributed by atoms with van der Waals surface area (Å²) in [7, 11) is -4.07. The molecule has 2 rings (SSSR count). The van der Waals surface area contributed by atoms with Crippen LogP contribution in [0.3, 0.4) is 0 Å². The predicted octanol–water partition coefficient (Wildman–Crippen LogP) is 2.44. The van der Waals surface area contributed by atoms with E-state index in [2.05, 4.69) is 14.9 Å². The molecule has 2 aromatic rings. The minimum Gasteiger partial charge on any atom is -0.280 e. The second kappa shape index (κ2) is 5.58. The first-order chi connectivity index (χ1) is 9.40. The highest BCUT2D eigenvalue weighted by atomic mass is 32.2. The van der Waals surface area contributed by atoms with Gasteiger partial charge in [0.2, 0.25) is 0 Å². The van der Waals surface area contributed by atoms with Gasteiger partial charge in [0.1, 0.15) is 11.6 Å². The van der Waals surface area contributed by atoms with Crippen LogP contribution in [0.1, 0.15) is 19.0 Å². The first kappa shape index (κ1) is 14.4. The Balaban J connectivity index is 2.25. The third kappa shape index (κ3) is 3.32. The number of aromatic nitrogens is 2. The Morgan fingerprint density at radius 2 is 1.85 bits per heavy atom. The number of nitrogens with zero attached hydrogens (tertiary/aromatic N) is 1. The fourth-order valence-corrected chi connectivity index (χ4v) is 2.72. The van der Waals surface area contributed by atoms with Crippen molar-refractivity contribution in [3.63, 3.8) is 0 Å². The fourth-order valence-electron chi connectivity index (χ4n) is 1.69. The Labute approximate surface area is 115 Å². The van der Waals surface area contributed by atoms with E-state index in [0.29, 0.717) is 6.07 Å². The van der Waals surface area contributed by atoms with Crippen LogP contribution >= 0.6 is 0 Å². The second-order valence-electron chi connectivity index (χ2n) is 4.24. The van der Waals surface area contributed by atoms with Gasteiger partial charge in [-0.3, -0.25) is 9.82 Å². The first-order valence-corrected chi connectivity index (χ1v) is 7.42. The summed E-state index contributed by atoms with van der Waals surface area (Å²) >= 11 is 0. The number of sulfonamides is 1. The summed E-state index contributed by atoms with van der Waals surface area (Å²) in [5.41, 5.74) is 0.774. The molecule has 0 aliphatic rings. The highest BCUT2D eigenvalue weighted by Gasteiger charge is 2.18. The molecular weight excluding hydrogens is 288 g/mol. The lowest BCUT2D eigenvalue weighted by molar-refractivity contribution is 0.568. The van der Waals surface area contributed by atoms with Crippen LogP contribution in [0, 0.1) is 11.6 Å². The SMILES string of the molecule is CCCc1cc(NS(=O)(=O)c2cc(F)cc(F)c2)n[nH]1. The molecule has 0 bridgehead atoms. The van der Waals surface area contributed by atoms with Gasteiger partial charge in [0.25, 0.3) is 10.0 Å². The average Bonchev–Trinajstić information content (AvgIpc) is 2.75. The lowest BCUT2D eigenvalue weighted by Gasteiger charge is -2.05. The fraction of sp³-hybridized carbons (Fsp3) is 0.250. The van der Waals surface area contributed by atoms with Gasteiger partial charge in [0.05, 0.1) is 4.90 Å². The van der Waals surface area contributed by atoms with Crippen LogP contribution in [0.5, 0.6) is 0 Å². The summed E-state index contributed by atoms with van der Waals surface area (Å²) in [5.74, 6) is -1.84. The van der Waals surface area contributed by atoms with Crippen molar-refractivity contribution in [2.24, 2.45) is 0 Å². The number of hydrogen-bond donors (Lipinski definition) is 2. The second-order valence-corrected chi connectivity index (χ2v) is 5.92. The Morgan fingerprint density at radius 3 is 2.45 bits per heavy atom. The summed E-state index contributed by atoms with van der Waals surface area (Å²) in [5, 5.41) is 6.47. The van der Waals surface area contributed by atoms with Crippen molar-refractivity contribution in [2.45, 2.75) is 24.7 Å². The molecule has 0 fully saturated rings. The van der Waals surface area contributed by atoms with E-state index >= 15 is 0 Å². The highest BCUT2D eigenvalue weighted by molar-refractivity contribution is 7.92. The molecule has 1 aromatic heterocycles. The van der Waals surface area contributed by atoms with Crippen molar-refractivity contribution in [2.75, 3.05) is 4.72 Å². The van der Waals surface area contributed by atoms with Crippen LogP contribution in [0.25, 0.3) is 0 Å². The van der Waals surface area contributed by atoms with E-state index in [0.717, 1.165) is 30.7 Å². The van der Waals surface area contributed by atoms with E-state index in [1.165, 1.54) is 6.07 Å². The lowest BCUT2D eigenvalue weighted by atomic mass is 10.2. The monoisotopic (exact) mass is 301 g/mol. The molecule has 0 aliphatic heterocycles. The molecule has 1 heterocycles. The molecule has 20 heavy (non-hydrogen) atoms. The van der Waals surface area contributed by atoms with E-state index < -0.39 is 26.6 Å². The van der Waals surface area contributed by atoms with Crippen LogP contribution in [0.4, 0.5) is 14.6 Å². The standard InChI is InChI=1S/C12H13F2N3O2S/c1-2-3-10-7-12(16-15-10)17-20(18,19)11-5-8(13)4-9(14)6-11/h4-7H,2-3H2,1H3,(H2,15,16,17). The predicted molar refractivity (Wildman–Crippen MR) is 69.7 cm³/mol. The highest BCUT2D eigenvalue weighted by Crippen LogP contribution is 2.17. The number of halogens is 2. The Morgan fingerprint density at radius 1 is 1.20 bits per heavy atom. The number of anilines is 1. The lowest BCUT2D eigenvalue weighted by Crippen LogP contribution is -2.13. The molecule has 0 radical (unpaired) electrons. The molecule has 0 saturated heterocycles. The molecule has 2 N–H and O–H groups in total. The van der Waals surface area contributed by atoms with E-state index in [4.69, 9.17) is 0 Å². The molecule has 0 unspecified atom stereocenters. The van der Waals surface area contributed by atoms with Crippen molar-refractivity contribution < 1.29 is 17.2 Å². The van der Waals surface area contributed by atoms with Gasteiger partial charge in [-0.05, 0) is 18.6 Å². The number of rotatable bonds is 5. The zero-order valence-corrected chi connectivity index (χ0v) is 11.5. The molecule has 0 atom stereocenters. The van der Waals surface area contributed by atoms with Gasteiger partial charge < -0.3 is 0 Å². The summed E-state index contributed by atoms with van der Waals surface area (Å²) in [6, 6.07) is 3.62. The van der Waals surface area contributed by atoms with Crippen LogP contribution in [-0.2, 0) is 16.4 Å². The number of aromatic amines is 1. The Kier molecular flexibility index (Phi) is 4.03. The van der Waals surface area contributed by atoms with Gasteiger partial charge in [0.15, 0.2) is 5.82 Å². The van der Waals surface area contributed by atoms with Crippen molar-refractivity contribution in [3.05, 3.63) is 41.6 Å². The van der Waals surface area contributed by atoms with Gasteiger partial charge in [-0.15, -0.1) is 0 Å². The van der Waals surface area contributed by atoms with Gasteiger partial charge >= 0.3 is 0 Å². The van der Waals surface area contributed by atoms with E-state index in [1.807, 2.05) is 6.92 Å². The number of nitrogens with one attached hydrogen (secondary N) is 2. The van der Waals surface area contributed by atoms with Gasteiger partial charge in [-0.1, -0.05) is 13.3 Å². The summed E-state index contributed by atoms with van der Waals surface area (Å²) in [4.78, 5) is -0.491. The molecule has 1 aromatic carbocycles. The molecule has 108 valence electrons. The zero-order chi connectivity index (χ0) is 14.8. The molecule has 0 amide bonds. The number of aryl methyl sites for hydroxylation is 1. The van der Waals surface area contributed by atoms with Gasteiger partial charge in [-0.25, -0.2) is 17.2 Å². The summed E-state index contributed by atoms with van der Waals surface area (Å²) in [6.07, 6.45) is 1.60. The van der Waals surface area contributed by atoms with Gasteiger partial charge in [0, 0.05) is 17.8 Å². The maximum Gasteiger partial charge on any atom is 0.263 e. The molecule has 0 aliphatic carbocycles. The summed E-state index contributed by atoms with van der Waals surface area (Å²) < 4.78 is 52.2. The van der Waals surface area contributed by atoms with E-state index in [-0.39, 0.29) is 5.82 Å². The Bertz CT molecular complexity index is 693. The number of H-pyrrole nitrogens is 1. The van der Waals surface area contributed by atoms with Crippen molar-refractivity contribution in [1.29, 1.82) is 0 Å². The van der Waals surface area contributed by atoms with E-state index in [9.17, 15) is 17.2 Å². The van der Waals surface area contributed by atoms with Crippen molar-refractivity contribution >= 4 is 15.8 Å².